The molecule has 3 N–H and O–H groups in total. The normalized spacial score (nSPS) is 16.5. The van der Waals surface area contributed by atoms with Gasteiger partial charge in [0.25, 0.3) is 12.4 Å². The molecule has 2 aliphatic rings. The number of hydrogen-bond donors (Lipinski definition) is 2. The van der Waals surface area contributed by atoms with Crippen LogP contribution in [0.25, 0.3) is 43.8 Å². The van der Waals surface area contributed by atoms with Gasteiger partial charge in [0.1, 0.15) is 0 Å². The third kappa shape index (κ3) is 3.95. The summed E-state index contributed by atoms with van der Waals surface area (Å²) in [5.74, 6) is 0. The second-order valence-corrected chi connectivity index (χ2v) is 10.1. The fourth-order valence-corrected chi connectivity index (χ4v) is 5.86. The summed E-state index contributed by atoms with van der Waals surface area (Å²) in [5, 5.41) is 8.59. The monoisotopic (exact) mass is 517 g/mol. The van der Waals surface area contributed by atoms with E-state index in [0.29, 0.717) is 6.54 Å². The number of nitrogens with one attached hydrogen (secondary N) is 1. The molecule has 0 radical (unpaired) electrons. The first kappa shape index (κ1) is 23.9. The minimum atomic E-state index is 0.0326. The molecule has 4 heteroatoms. The van der Waals surface area contributed by atoms with Crippen molar-refractivity contribution >= 4 is 50.6 Å². The molecule has 0 saturated carbocycles. The average molecular weight is 518 g/mol. The van der Waals surface area contributed by atoms with Crippen LogP contribution in [-0.2, 0) is 0 Å². The van der Waals surface area contributed by atoms with Crippen molar-refractivity contribution < 1.29 is 0 Å². The fourth-order valence-electron chi connectivity index (χ4n) is 5.86. The minimum Gasteiger partial charge on any atom is -0.374 e. The van der Waals surface area contributed by atoms with Gasteiger partial charge in [-0.1, -0.05) is 85.5 Å². The molecule has 3 heterocycles. The summed E-state index contributed by atoms with van der Waals surface area (Å²) in [7, 11) is 0. The van der Waals surface area contributed by atoms with E-state index >= 15 is 0 Å². The molecule has 2 aliphatic heterocycles. The Kier molecular flexibility index (Phi) is 5.90. The Labute approximate surface area is 233 Å². The van der Waals surface area contributed by atoms with Gasteiger partial charge in [-0.2, -0.15) is 0 Å². The van der Waals surface area contributed by atoms with Gasteiger partial charge in [-0.25, -0.2) is 0 Å². The Bertz CT molecular complexity index is 2010. The van der Waals surface area contributed by atoms with E-state index in [9.17, 15) is 0 Å². The molecule has 0 spiro atoms. The van der Waals surface area contributed by atoms with Crippen molar-refractivity contribution in [2.24, 2.45) is 5.73 Å². The molecule has 1 aromatic heterocycles. The summed E-state index contributed by atoms with van der Waals surface area (Å²) in [6, 6.07) is 28.7. The van der Waals surface area contributed by atoms with E-state index in [0.717, 1.165) is 22.5 Å². The fraction of sp³-hybridized carbons (Fsp3) is 0.0556. The SMILES string of the molecule is C=C/C(=C\CN)C1=CC=CC(c2ccc3c4ccc5cc(C6=CC=[N+]=C6)ccc5c4n(-c4ccccc4)c3c2)N1. The molecule has 192 valence electrons. The summed E-state index contributed by atoms with van der Waals surface area (Å²) in [6.45, 7) is 4.44. The molecule has 1 atom stereocenters. The van der Waals surface area contributed by atoms with Gasteiger partial charge in [-0.15, -0.1) is 4.67 Å². The molecule has 0 aliphatic carbocycles. The molecule has 5 aromatic rings. The van der Waals surface area contributed by atoms with E-state index in [1.807, 2.05) is 24.6 Å². The molecule has 1 unspecified atom stereocenters. The van der Waals surface area contributed by atoms with Gasteiger partial charge in [0.15, 0.2) is 0 Å². The lowest BCUT2D eigenvalue weighted by Gasteiger charge is -2.23. The van der Waals surface area contributed by atoms with Gasteiger partial charge < -0.3 is 15.6 Å². The molecular weight excluding hydrogens is 488 g/mol. The van der Waals surface area contributed by atoms with E-state index in [1.165, 1.54) is 43.7 Å². The number of dihydropyridines is 1. The number of nitrogens with zero attached hydrogens (tertiary/aromatic N) is 2. The second kappa shape index (κ2) is 9.87. The van der Waals surface area contributed by atoms with Gasteiger partial charge in [0.2, 0.25) is 0 Å². The maximum atomic E-state index is 5.80. The highest BCUT2D eigenvalue weighted by atomic mass is 15.0. The molecule has 40 heavy (non-hydrogen) atoms. The third-order valence-corrected chi connectivity index (χ3v) is 7.77. The van der Waals surface area contributed by atoms with Crippen LogP contribution in [-0.4, -0.2) is 23.5 Å². The number of para-hydroxylation sites is 1. The van der Waals surface area contributed by atoms with Gasteiger partial charge in [-0.3, -0.25) is 0 Å². The van der Waals surface area contributed by atoms with Crippen molar-refractivity contribution in [1.29, 1.82) is 0 Å². The lowest BCUT2D eigenvalue weighted by molar-refractivity contribution is 0.714. The zero-order valence-electron chi connectivity index (χ0n) is 22.1. The van der Waals surface area contributed by atoms with Crippen LogP contribution >= 0.6 is 0 Å². The van der Waals surface area contributed by atoms with E-state index < -0.39 is 0 Å². The minimum absolute atomic E-state index is 0.0326. The molecule has 0 fully saturated rings. The van der Waals surface area contributed by atoms with Gasteiger partial charge in [0.05, 0.1) is 22.6 Å². The number of allylic oxidation sites excluding steroid dienone is 5. The first-order valence-electron chi connectivity index (χ1n) is 13.6. The number of nitrogens with two attached hydrogens (primary N) is 1. The van der Waals surface area contributed by atoms with Crippen LogP contribution in [0.1, 0.15) is 17.2 Å². The highest BCUT2D eigenvalue weighted by Crippen LogP contribution is 2.38. The zero-order chi connectivity index (χ0) is 27.1. The molecule has 4 nitrogen and oxygen atoms in total. The number of hydrogen-bond acceptors (Lipinski definition) is 2. The molecule has 0 bridgehead atoms. The smallest absolute Gasteiger partial charge is 0.300 e. The quantitative estimate of drug-likeness (QED) is 0.195. The predicted octanol–water partition coefficient (Wildman–Crippen LogP) is 6.70. The Morgan fingerprint density at radius 3 is 2.60 bits per heavy atom. The van der Waals surface area contributed by atoms with E-state index in [1.54, 1.807) is 0 Å². The summed E-state index contributed by atoms with van der Waals surface area (Å²) in [5.41, 5.74) is 14.9. The van der Waals surface area contributed by atoms with Crippen molar-refractivity contribution in [1.82, 2.24) is 14.6 Å². The van der Waals surface area contributed by atoms with Crippen molar-refractivity contribution in [2.75, 3.05) is 6.54 Å². The highest BCUT2D eigenvalue weighted by Gasteiger charge is 2.19. The van der Waals surface area contributed by atoms with Crippen molar-refractivity contribution in [3.8, 4) is 5.69 Å². The Balaban J connectivity index is 1.42. The maximum absolute atomic E-state index is 5.80. The van der Waals surface area contributed by atoms with Crippen LogP contribution in [0.5, 0.6) is 0 Å². The maximum Gasteiger partial charge on any atom is 0.300 e. The van der Waals surface area contributed by atoms with E-state index in [2.05, 4.69) is 124 Å². The zero-order valence-corrected chi connectivity index (χ0v) is 22.1. The van der Waals surface area contributed by atoms with Crippen LogP contribution in [0, 0.1) is 0 Å². The van der Waals surface area contributed by atoms with E-state index in [-0.39, 0.29) is 6.04 Å². The standard InChI is InChI=1S/C36H29N4/c1-2-24(17-19-37)33-9-6-10-34(39-33)27-13-15-31-32-16-12-26-21-25(28-18-20-38-23-28)11-14-30(26)36(32)40(35(31)22-27)29-7-4-3-5-8-29/h2-18,20-23,34,39H,1,19,37H2/q+1/b24-17+. The number of rotatable bonds is 6. The van der Waals surface area contributed by atoms with Gasteiger partial charge in [0, 0.05) is 40.2 Å². The predicted molar refractivity (Wildman–Crippen MR) is 171 cm³/mol. The van der Waals surface area contributed by atoms with Crippen LogP contribution in [0.3, 0.4) is 0 Å². The first-order valence-corrected chi connectivity index (χ1v) is 13.6. The second-order valence-electron chi connectivity index (χ2n) is 10.1. The molecular formula is C36H29N4+. The number of aromatic nitrogens is 1. The topological polar surface area (TPSA) is 57.1 Å². The Hall–Kier alpha value is -5.15. The molecule has 0 amide bonds. The lowest BCUT2D eigenvalue weighted by Crippen LogP contribution is -2.22. The van der Waals surface area contributed by atoms with Crippen LogP contribution in [0.15, 0.2) is 133 Å². The van der Waals surface area contributed by atoms with Gasteiger partial charge in [-0.05, 0) is 52.4 Å². The van der Waals surface area contributed by atoms with Gasteiger partial charge >= 0.3 is 0 Å². The summed E-state index contributed by atoms with van der Waals surface area (Å²) < 4.78 is 6.66. The average Bonchev–Trinajstić information content (AvgIpc) is 3.67. The van der Waals surface area contributed by atoms with Crippen LogP contribution < -0.4 is 15.7 Å². The first-order chi connectivity index (χ1) is 19.7. The summed E-state index contributed by atoms with van der Waals surface area (Å²) in [6.07, 6.45) is 16.0. The van der Waals surface area contributed by atoms with E-state index in [4.69, 9.17) is 5.73 Å². The third-order valence-electron chi connectivity index (χ3n) is 7.77. The Morgan fingerprint density at radius 1 is 0.950 bits per heavy atom. The Morgan fingerprint density at radius 2 is 1.80 bits per heavy atom. The van der Waals surface area contributed by atoms with Crippen LogP contribution in [0.2, 0.25) is 0 Å². The van der Waals surface area contributed by atoms with Crippen LogP contribution in [0.4, 0.5) is 0 Å². The largest absolute Gasteiger partial charge is 0.374 e. The van der Waals surface area contributed by atoms with Crippen molar-refractivity contribution in [3.05, 3.63) is 144 Å². The molecule has 0 saturated heterocycles. The number of benzene rings is 4. The molecule has 7 rings (SSSR count). The highest BCUT2D eigenvalue weighted by molar-refractivity contribution is 6.21. The summed E-state index contributed by atoms with van der Waals surface area (Å²) in [4.78, 5) is 0. The summed E-state index contributed by atoms with van der Waals surface area (Å²) >= 11 is 0. The number of fused-ring (bicyclic) bond motifs is 5. The van der Waals surface area contributed by atoms with Crippen molar-refractivity contribution in [2.45, 2.75) is 6.04 Å². The van der Waals surface area contributed by atoms with Crippen molar-refractivity contribution in [3.63, 3.8) is 0 Å². The lowest BCUT2D eigenvalue weighted by atomic mass is 9.98. The molecule has 4 aromatic carbocycles.